The number of amides is 1. The molecular formula is C14H19NO3S. The molecule has 0 spiro atoms. The molecule has 0 unspecified atom stereocenters. The molecule has 1 aromatic rings. The average Bonchev–Trinajstić information content (AvgIpc) is 2.35. The van der Waals surface area contributed by atoms with Crippen molar-refractivity contribution in [2.75, 3.05) is 24.3 Å². The van der Waals surface area contributed by atoms with Crippen LogP contribution < -0.4 is 14.8 Å². The average molecular weight is 281 g/mol. The Labute approximate surface area is 117 Å². The van der Waals surface area contributed by atoms with Gasteiger partial charge in [0.1, 0.15) is 13.2 Å². The van der Waals surface area contributed by atoms with E-state index in [9.17, 15) is 4.79 Å². The molecule has 19 heavy (non-hydrogen) atoms. The standard InChI is InChI=1S/C14H19NO3S/c1-14(2,3)19-9-13(16)15-10-4-5-11-12(8-10)18-7-6-17-11/h4-5,8H,6-7,9H2,1-3H3,(H,15,16). The molecule has 0 radical (unpaired) electrons. The van der Waals surface area contributed by atoms with Gasteiger partial charge in [-0.15, -0.1) is 11.8 Å². The van der Waals surface area contributed by atoms with E-state index in [1.54, 1.807) is 17.8 Å². The molecule has 1 heterocycles. The van der Waals surface area contributed by atoms with Crippen LogP contribution in [-0.2, 0) is 4.79 Å². The van der Waals surface area contributed by atoms with Crippen LogP contribution >= 0.6 is 11.8 Å². The first-order valence-corrected chi connectivity index (χ1v) is 7.26. The lowest BCUT2D eigenvalue weighted by molar-refractivity contribution is -0.113. The Bertz CT molecular complexity index is 468. The quantitative estimate of drug-likeness (QED) is 0.925. The van der Waals surface area contributed by atoms with E-state index < -0.39 is 0 Å². The highest BCUT2D eigenvalue weighted by Gasteiger charge is 2.15. The van der Waals surface area contributed by atoms with Gasteiger partial charge in [-0.1, -0.05) is 20.8 Å². The number of fused-ring (bicyclic) bond motifs is 1. The molecule has 1 N–H and O–H groups in total. The molecule has 0 aromatic heterocycles. The van der Waals surface area contributed by atoms with Crippen molar-refractivity contribution in [2.45, 2.75) is 25.5 Å². The van der Waals surface area contributed by atoms with Crippen molar-refractivity contribution in [3.8, 4) is 11.5 Å². The number of benzene rings is 1. The summed E-state index contributed by atoms with van der Waals surface area (Å²) < 4.78 is 11.0. The first-order chi connectivity index (χ1) is 8.94. The lowest BCUT2D eigenvalue weighted by Crippen LogP contribution is -2.19. The molecule has 0 aliphatic carbocycles. The number of hydrogen-bond donors (Lipinski definition) is 1. The van der Waals surface area contributed by atoms with Gasteiger partial charge in [-0.3, -0.25) is 4.79 Å². The van der Waals surface area contributed by atoms with Crippen LogP contribution in [0.15, 0.2) is 18.2 Å². The summed E-state index contributed by atoms with van der Waals surface area (Å²) in [4.78, 5) is 11.8. The minimum absolute atomic E-state index is 0.00315. The third-order valence-electron chi connectivity index (χ3n) is 2.46. The molecule has 1 aliphatic heterocycles. The van der Waals surface area contributed by atoms with E-state index in [-0.39, 0.29) is 10.7 Å². The Hall–Kier alpha value is -1.36. The van der Waals surface area contributed by atoms with Crippen LogP contribution in [0.5, 0.6) is 11.5 Å². The smallest absolute Gasteiger partial charge is 0.234 e. The van der Waals surface area contributed by atoms with Gasteiger partial charge < -0.3 is 14.8 Å². The van der Waals surface area contributed by atoms with Gasteiger partial charge in [-0.05, 0) is 12.1 Å². The summed E-state index contributed by atoms with van der Waals surface area (Å²) in [5.74, 6) is 1.86. The third kappa shape index (κ3) is 4.35. The van der Waals surface area contributed by atoms with E-state index in [0.29, 0.717) is 24.7 Å². The molecule has 0 saturated heterocycles. The zero-order chi connectivity index (χ0) is 13.9. The Morgan fingerprint density at radius 2 is 1.95 bits per heavy atom. The highest BCUT2D eigenvalue weighted by atomic mass is 32.2. The largest absolute Gasteiger partial charge is 0.486 e. The zero-order valence-corrected chi connectivity index (χ0v) is 12.3. The summed E-state index contributed by atoms with van der Waals surface area (Å²) in [6.45, 7) is 7.39. The van der Waals surface area contributed by atoms with Crippen LogP contribution in [0.1, 0.15) is 20.8 Å². The van der Waals surface area contributed by atoms with Crippen LogP contribution in [0.25, 0.3) is 0 Å². The SMILES string of the molecule is CC(C)(C)SCC(=O)Nc1ccc2c(c1)OCCO2. The van der Waals surface area contributed by atoms with Gasteiger partial charge in [0.2, 0.25) is 5.91 Å². The molecule has 1 amide bonds. The van der Waals surface area contributed by atoms with Gasteiger partial charge in [-0.2, -0.15) is 0 Å². The van der Waals surface area contributed by atoms with Crippen molar-refractivity contribution < 1.29 is 14.3 Å². The molecule has 1 aromatic carbocycles. The maximum absolute atomic E-state index is 11.8. The second-order valence-electron chi connectivity index (χ2n) is 5.31. The van der Waals surface area contributed by atoms with Gasteiger partial charge in [-0.25, -0.2) is 0 Å². The van der Waals surface area contributed by atoms with Crippen molar-refractivity contribution in [1.29, 1.82) is 0 Å². The molecule has 0 saturated carbocycles. The Kier molecular flexibility index (Phi) is 4.24. The minimum atomic E-state index is -0.00315. The van der Waals surface area contributed by atoms with Gasteiger partial charge in [0.25, 0.3) is 0 Å². The summed E-state index contributed by atoms with van der Waals surface area (Å²) in [6.07, 6.45) is 0. The number of ether oxygens (including phenoxy) is 2. The van der Waals surface area contributed by atoms with Gasteiger partial charge >= 0.3 is 0 Å². The molecule has 2 rings (SSSR count). The number of thioether (sulfide) groups is 1. The van der Waals surface area contributed by atoms with Gasteiger partial charge in [0.05, 0.1) is 5.75 Å². The van der Waals surface area contributed by atoms with Gasteiger partial charge in [0, 0.05) is 16.5 Å². The van der Waals surface area contributed by atoms with E-state index in [4.69, 9.17) is 9.47 Å². The Morgan fingerprint density at radius 1 is 1.26 bits per heavy atom. The molecule has 4 nitrogen and oxygen atoms in total. The first-order valence-electron chi connectivity index (χ1n) is 6.27. The fourth-order valence-corrected chi connectivity index (χ4v) is 2.24. The Morgan fingerprint density at radius 3 is 2.63 bits per heavy atom. The molecule has 0 bridgehead atoms. The molecule has 5 heteroatoms. The molecular weight excluding hydrogens is 262 g/mol. The number of nitrogens with one attached hydrogen (secondary N) is 1. The highest BCUT2D eigenvalue weighted by Crippen LogP contribution is 2.32. The summed E-state index contributed by atoms with van der Waals surface area (Å²) in [5, 5.41) is 2.87. The second kappa shape index (κ2) is 5.74. The van der Waals surface area contributed by atoms with Crippen molar-refractivity contribution in [1.82, 2.24) is 0 Å². The van der Waals surface area contributed by atoms with Crippen LogP contribution in [0.4, 0.5) is 5.69 Å². The number of hydrogen-bond acceptors (Lipinski definition) is 4. The van der Waals surface area contributed by atoms with Crippen LogP contribution in [0.3, 0.4) is 0 Å². The fourth-order valence-electron chi connectivity index (χ4n) is 1.60. The molecule has 104 valence electrons. The maximum Gasteiger partial charge on any atom is 0.234 e. The lowest BCUT2D eigenvalue weighted by atomic mass is 10.2. The number of rotatable bonds is 3. The number of carbonyl (C=O) groups is 1. The highest BCUT2D eigenvalue weighted by molar-refractivity contribution is 8.01. The van der Waals surface area contributed by atoms with E-state index in [0.717, 1.165) is 11.4 Å². The summed E-state index contributed by atoms with van der Waals surface area (Å²) in [7, 11) is 0. The number of anilines is 1. The number of carbonyl (C=O) groups excluding carboxylic acids is 1. The Balaban J connectivity index is 1.94. The predicted octanol–water partition coefficient (Wildman–Crippen LogP) is 2.93. The van der Waals surface area contributed by atoms with E-state index >= 15 is 0 Å². The molecule has 0 atom stereocenters. The van der Waals surface area contributed by atoms with Crippen molar-refractivity contribution >= 4 is 23.4 Å². The third-order valence-corrected chi connectivity index (χ3v) is 3.73. The predicted molar refractivity (Wildman–Crippen MR) is 78.3 cm³/mol. The van der Waals surface area contributed by atoms with Crippen LogP contribution in [0.2, 0.25) is 0 Å². The monoisotopic (exact) mass is 281 g/mol. The molecule has 1 aliphatic rings. The summed E-state index contributed by atoms with van der Waals surface area (Å²) >= 11 is 1.62. The summed E-state index contributed by atoms with van der Waals surface area (Å²) in [6, 6.07) is 5.45. The zero-order valence-electron chi connectivity index (χ0n) is 11.5. The maximum atomic E-state index is 11.8. The van der Waals surface area contributed by atoms with Crippen molar-refractivity contribution in [3.63, 3.8) is 0 Å². The van der Waals surface area contributed by atoms with Crippen molar-refractivity contribution in [3.05, 3.63) is 18.2 Å². The van der Waals surface area contributed by atoms with Gasteiger partial charge in [0.15, 0.2) is 11.5 Å². The topological polar surface area (TPSA) is 47.6 Å². The molecule has 0 fully saturated rings. The second-order valence-corrected chi connectivity index (χ2v) is 7.11. The lowest BCUT2D eigenvalue weighted by Gasteiger charge is -2.19. The van der Waals surface area contributed by atoms with Crippen LogP contribution in [-0.4, -0.2) is 29.6 Å². The minimum Gasteiger partial charge on any atom is -0.486 e. The van der Waals surface area contributed by atoms with Crippen molar-refractivity contribution in [2.24, 2.45) is 0 Å². The normalized spacial score (nSPS) is 14.1. The van der Waals surface area contributed by atoms with Crippen LogP contribution in [0, 0.1) is 0 Å². The van der Waals surface area contributed by atoms with E-state index in [1.165, 1.54) is 0 Å². The fraction of sp³-hybridized carbons (Fsp3) is 0.500. The van der Waals surface area contributed by atoms with E-state index in [2.05, 4.69) is 26.1 Å². The first kappa shape index (κ1) is 14.1. The van der Waals surface area contributed by atoms with E-state index in [1.807, 2.05) is 12.1 Å². The summed E-state index contributed by atoms with van der Waals surface area (Å²) in [5.41, 5.74) is 0.740.